The molecule has 0 heterocycles. The molecule has 6 nitrogen and oxygen atoms in total. The van der Waals surface area contributed by atoms with E-state index in [1.165, 1.54) is 0 Å². The van der Waals surface area contributed by atoms with Crippen LogP contribution in [-0.2, 0) is 34.9 Å². The Labute approximate surface area is 315 Å². The number of rotatable bonds is 6. The van der Waals surface area contributed by atoms with Crippen molar-refractivity contribution in [2.75, 3.05) is 0 Å². The van der Waals surface area contributed by atoms with E-state index in [-0.39, 0.29) is 78.6 Å². The standard InChI is InChI=1S/C14H13BF3O2.C13H13BClO2.C13H14BO2/c1-15-11-3-8(2-10(6-11)14(16,17)18)9-4-12(19)7-13(20)5-9;1-14-10-2-8(3-11(15)6-10)9-4-12(16)7-13(17)5-9;1-14-11-4-2-3-9(5-11)10-6-12(15)8-13(16)7-10/h2-3,6,9H,4-5,7H2,1H3;2-3,6,9H,4-5,7H2,1H3;2-5,10H,6-8H2,1H3. The maximum atomic E-state index is 12.9. The average Bonchev–Trinajstić information content (AvgIpc) is 3.10. The molecule has 0 unspecified atom stereocenters. The molecule has 0 spiro atoms. The minimum Gasteiger partial charge on any atom is -0.299 e. The molecule has 0 bridgehead atoms. The molecule has 0 saturated heterocycles. The van der Waals surface area contributed by atoms with Crippen LogP contribution in [0, 0.1) is 0 Å². The number of benzene rings is 3. The van der Waals surface area contributed by atoms with Gasteiger partial charge in [-0.15, -0.1) is 0 Å². The summed E-state index contributed by atoms with van der Waals surface area (Å²) in [5.74, 6) is -0.531. The van der Waals surface area contributed by atoms with E-state index in [1.54, 1.807) is 20.2 Å². The van der Waals surface area contributed by atoms with Crippen molar-refractivity contribution in [3.63, 3.8) is 0 Å². The maximum absolute atomic E-state index is 12.9. The molecule has 0 N–H and O–H groups in total. The highest BCUT2D eigenvalue weighted by Gasteiger charge is 2.33. The number of Topliss-reactive ketones (excluding diaryl/α,β-unsaturated/α-hetero) is 6. The van der Waals surface area contributed by atoms with Crippen LogP contribution >= 0.6 is 11.6 Å². The van der Waals surface area contributed by atoms with E-state index in [2.05, 4.69) is 6.07 Å². The topological polar surface area (TPSA) is 102 Å². The zero-order valence-corrected chi connectivity index (χ0v) is 30.8. The highest BCUT2D eigenvalue weighted by molar-refractivity contribution is 6.53. The Balaban J connectivity index is 0.000000179. The number of alkyl halides is 3. The van der Waals surface area contributed by atoms with Gasteiger partial charge in [0.15, 0.2) is 0 Å². The highest BCUT2D eigenvalue weighted by atomic mass is 35.5. The van der Waals surface area contributed by atoms with E-state index < -0.39 is 17.7 Å². The van der Waals surface area contributed by atoms with Crippen molar-refractivity contribution in [1.82, 2.24) is 0 Å². The Morgan fingerprint density at radius 3 is 1.30 bits per heavy atom. The molecule has 3 aromatic rings. The van der Waals surface area contributed by atoms with Crippen LogP contribution < -0.4 is 16.4 Å². The Kier molecular flexibility index (Phi) is 14.8. The molecular weight excluding hydrogens is 701 g/mol. The van der Waals surface area contributed by atoms with E-state index in [9.17, 15) is 41.9 Å². The summed E-state index contributed by atoms with van der Waals surface area (Å²) in [6.45, 7) is 5.57. The molecule has 3 fully saturated rings. The van der Waals surface area contributed by atoms with Gasteiger partial charge in [0, 0.05) is 43.5 Å². The Bertz CT molecular complexity index is 1830. The van der Waals surface area contributed by atoms with Crippen molar-refractivity contribution in [2.24, 2.45) is 0 Å². The second kappa shape index (κ2) is 18.8. The summed E-state index contributed by atoms with van der Waals surface area (Å²) in [6, 6.07) is 17.5. The second-order valence-electron chi connectivity index (χ2n) is 13.8. The maximum Gasteiger partial charge on any atom is 0.416 e. The summed E-state index contributed by atoms with van der Waals surface area (Å²) in [5.41, 5.74) is 4.38. The van der Waals surface area contributed by atoms with Gasteiger partial charge in [0.25, 0.3) is 0 Å². The summed E-state index contributed by atoms with van der Waals surface area (Å²) >= 11 is 6.03. The molecular formula is C40H40B3ClF3O6. The van der Waals surface area contributed by atoms with E-state index in [1.807, 2.05) is 64.6 Å². The number of carbonyl (C=O) groups excluding carboxylic acids is 6. The molecule has 3 radical (unpaired) electrons. The lowest BCUT2D eigenvalue weighted by Crippen LogP contribution is -2.24. The summed E-state index contributed by atoms with van der Waals surface area (Å²) in [6.07, 6.45) is -2.09. The van der Waals surface area contributed by atoms with E-state index in [0.29, 0.717) is 41.7 Å². The first kappa shape index (κ1) is 41.7. The van der Waals surface area contributed by atoms with Crippen molar-refractivity contribution in [2.45, 2.75) is 102 Å². The highest BCUT2D eigenvalue weighted by Crippen LogP contribution is 2.35. The first-order chi connectivity index (χ1) is 25.1. The van der Waals surface area contributed by atoms with Crippen LogP contribution in [0.2, 0.25) is 25.5 Å². The van der Waals surface area contributed by atoms with Gasteiger partial charge < -0.3 is 0 Å². The van der Waals surface area contributed by atoms with Crippen molar-refractivity contribution in [3.05, 3.63) is 87.9 Å². The summed E-state index contributed by atoms with van der Waals surface area (Å²) in [5, 5.41) is 0.654. The predicted octanol–water partition coefficient (Wildman–Crippen LogP) is 6.08. The fraction of sp³-hybridized carbons (Fsp3) is 0.400. The molecule has 273 valence electrons. The fourth-order valence-corrected chi connectivity index (χ4v) is 7.19. The van der Waals surface area contributed by atoms with Gasteiger partial charge in [0.05, 0.1) is 24.8 Å². The average molecular weight is 742 g/mol. The van der Waals surface area contributed by atoms with Crippen LogP contribution in [0.5, 0.6) is 0 Å². The Morgan fingerprint density at radius 2 is 0.887 bits per heavy atom. The van der Waals surface area contributed by atoms with Gasteiger partial charge in [-0.25, -0.2) is 0 Å². The van der Waals surface area contributed by atoms with E-state index in [0.717, 1.165) is 34.2 Å². The lowest BCUT2D eigenvalue weighted by atomic mass is 9.70. The second-order valence-corrected chi connectivity index (χ2v) is 14.3. The van der Waals surface area contributed by atoms with Crippen molar-refractivity contribution < 1.29 is 41.9 Å². The molecule has 0 aromatic heterocycles. The molecule has 3 aromatic carbocycles. The number of hydrogen-bond acceptors (Lipinski definition) is 6. The van der Waals surface area contributed by atoms with Crippen LogP contribution in [0.4, 0.5) is 13.2 Å². The van der Waals surface area contributed by atoms with Crippen LogP contribution in [0.15, 0.2) is 60.7 Å². The normalized spacial score (nSPS) is 17.4. The number of carbonyl (C=O) groups is 6. The quantitative estimate of drug-likeness (QED) is 0.224. The van der Waals surface area contributed by atoms with Crippen molar-refractivity contribution in [1.29, 1.82) is 0 Å². The van der Waals surface area contributed by atoms with Gasteiger partial charge in [-0.2, -0.15) is 13.2 Å². The third kappa shape index (κ3) is 12.5. The van der Waals surface area contributed by atoms with E-state index >= 15 is 0 Å². The molecule has 0 atom stereocenters. The Hall–Kier alpha value is -4.05. The molecule has 13 heteroatoms. The SMILES string of the molecule is C[B]c1cc(C2CC(=O)CC(=O)C2)cc(C(F)(F)F)c1.C[B]c1cc(Cl)cc(C2CC(=O)CC(=O)C2)c1.C[B]c1cccc(C2CC(=O)CC(=O)C2)c1. The van der Waals surface area contributed by atoms with Crippen LogP contribution in [0.25, 0.3) is 0 Å². The van der Waals surface area contributed by atoms with Gasteiger partial charge in [-0.3, -0.25) is 28.8 Å². The number of halogens is 4. The lowest BCUT2D eigenvalue weighted by molar-refractivity contribution is -0.137. The van der Waals surface area contributed by atoms with Crippen molar-refractivity contribution in [3.8, 4) is 0 Å². The first-order valence-corrected chi connectivity index (χ1v) is 18.1. The van der Waals surface area contributed by atoms with Gasteiger partial charge in [-0.05, 0) is 52.6 Å². The summed E-state index contributed by atoms with van der Waals surface area (Å²) in [7, 11) is 5.56. The molecule has 0 aliphatic heterocycles. The smallest absolute Gasteiger partial charge is 0.299 e. The van der Waals surface area contributed by atoms with Crippen LogP contribution in [0.3, 0.4) is 0 Å². The molecule has 6 rings (SSSR count). The molecule has 3 aliphatic rings. The van der Waals surface area contributed by atoms with Crippen LogP contribution in [-0.4, -0.2) is 56.5 Å². The third-order valence-corrected chi connectivity index (χ3v) is 9.82. The molecule has 3 saturated carbocycles. The monoisotopic (exact) mass is 741 g/mol. The van der Waals surface area contributed by atoms with Gasteiger partial charge in [-0.1, -0.05) is 90.9 Å². The van der Waals surface area contributed by atoms with Gasteiger partial charge in [0.2, 0.25) is 0 Å². The van der Waals surface area contributed by atoms with Gasteiger partial charge in [0.1, 0.15) is 56.5 Å². The lowest BCUT2D eigenvalue weighted by Gasteiger charge is -2.22. The number of hydrogen-bond donors (Lipinski definition) is 0. The zero-order chi connectivity index (χ0) is 38.9. The molecule has 53 heavy (non-hydrogen) atoms. The molecule has 0 amide bonds. The largest absolute Gasteiger partial charge is 0.416 e. The zero-order valence-electron chi connectivity index (χ0n) is 30.1. The summed E-state index contributed by atoms with van der Waals surface area (Å²) < 4.78 is 38.6. The van der Waals surface area contributed by atoms with Crippen LogP contribution in [0.1, 0.15) is 97.8 Å². The van der Waals surface area contributed by atoms with E-state index in [4.69, 9.17) is 11.6 Å². The summed E-state index contributed by atoms with van der Waals surface area (Å²) in [4.78, 5) is 68.5. The minimum atomic E-state index is -4.43. The minimum absolute atomic E-state index is 0.00106. The predicted molar refractivity (Wildman–Crippen MR) is 203 cm³/mol. The number of ketones is 6. The van der Waals surface area contributed by atoms with Gasteiger partial charge >= 0.3 is 6.18 Å². The first-order valence-electron chi connectivity index (χ1n) is 17.7. The third-order valence-electron chi connectivity index (χ3n) is 9.60. The Morgan fingerprint density at radius 1 is 0.509 bits per heavy atom. The fourth-order valence-electron chi connectivity index (χ4n) is 6.94. The van der Waals surface area contributed by atoms with Crippen molar-refractivity contribution >= 4 is 84.5 Å². The molecule has 3 aliphatic carbocycles.